The molecule has 1 N–H and O–H groups in total. The van der Waals surface area contributed by atoms with Gasteiger partial charge in [-0.05, 0) is 88.6 Å². The number of aromatic nitrogens is 5. The highest BCUT2D eigenvalue weighted by Gasteiger charge is 2.56. The summed E-state index contributed by atoms with van der Waals surface area (Å²) in [7, 11) is 0. The molecule has 2 unspecified atom stereocenters. The van der Waals surface area contributed by atoms with E-state index in [-0.39, 0.29) is 6.04 Å². The van der Waals surface area contributed by atoms with Gasteiger partial charge in [0.05, 0.1) is 44.8 Å². The molecular formula is C61H39N7OS. The molecule has 6 heterocycles. The molecule has 7 aromatic carbocycles. The quantitative estimate of drug-likeness (QED) is 0.175. The lowest BCUT2D eigenvalue weighted by Crippen LogP contribution is -2.35. The maximum absolute atomic E-state index is 7.17. The molecule has 70 heavy (non-hydrogen) atoms. The highest BCUT2D eigenvalue weighted by Crippen LogP contribution is 2.67. The van der Waals surface area contributed by atoms with Crippen LogP contribution in [0.4, 0.5) is 17.1 Å². The number of allylic oxidation sites excluding steroid dienone is 2. The minimum absolute atomic E-state index is 0.205. The van der Waals surface area contributed by atoms with Crippen LogP contribution >= 0.6 is 11.8 Å². The fourth-order valence-electron chi connectivity index (χ4n) is 10.8. The average molecular weight is 918 g/mol. The van der Waals surface area contributed by atoms with Crippen molar-refractivity contribution in [1.82, 2.24) is 30.2 Å². The minimum Gasteiger partial charge on any atom is -0.452 e. The van der Waals surface area contributed by atoms with E-state index in [1.165, 1.54) is 16.0 Å². The predicted molar refractivity (Wildman–Crippen MR) is 277 cm³/mol. The van der Waals surface area contributed by atoms with E-state index < -0.39 is 5.41 Å². The number of rotatable bonds is 6. The Balaban J connectivity index is 0.960. The average Bonchev–Trinajstić information content (AvgIpc) is 3.72. The van der Waals surface area contributed by atoms with Crippen LogP contribution in [0.5, 0.6) is 11.5 Å². The van der Waals surface area contributed by atoms with E-state index in [1.54, 1.807) is 11.8 Å². The molecule has 330 valence electrons. The number of hydrogen-bond acceptors (Lipinski definition) is 9. The zero-order chi connectivity index (χ0) is 46.2. The molecule has 10 aromatic rings. The zero-order valence-corrected chi connectivity index (χ0v) is 38.3. The van der Waals surface area contributed by atoms with Gasteiger partial charge in [0.25, 0.3) is 0 Å². The Morgan fingerprint density at radius 2 is 1.14 bits per heavy atom. The maximum Gasteiger partial charge on any atom is 0.165 e. The molecule has 9 heteroatoms. The molecule has 2 atom stereocenters. The van der Waals surface area contributed by atoms with Gasteiger partial charge in [0.15, 0.2) is 29.0 Å². The summed E-state index contributed by atoms with van der Waals surface area (Å²) in [6, 6.07) is 67.2. The summed E-state index contributed by atoms with van der Waals surface area (Å²) in [5.74, 6) is 3.42. The lowest BCUT2D eigenvalue weighted by molar-refractivity contribution is 0.461. The first kappa shape index (κ1) is 40.2. The summed E-state index contributed by atoms with van der Waals surface area (Å²) in [6.07, 6.45) is 10.2. The molecule has 0 bridgehead atoms. The Labute approximate surface area is 408 Å². The van der Waals surface area contributed by atoms with Crippen molar-refractivity contribution in [2.45, 2.75) is 21.2 Å². The fraction of sp³-hybridized carbons (Fsp3) is 0.0328. The van der Waals surface area contributed by atoms with Crippen molar-refractivity contribution in [3.05, 3.63) is 253 Å². The number of dihydropyridines is 1. The highest BCUT2D eigenvalue weighted by molar-refractivity contribution is 7.99. The summed E-state index contributed by atoms with van der Waals surface area (Å²) in [5.41, 5.74) is 14.7. The van der Waals surface area contributed by atoms with Crippen molar-refractivity contribution in [2.75, 3.05) is 4.90 Å². The van der Waals surface area contributed by atoms with Crippen LogP contribution in [0.2, 0.25) is 0 Å². The van der Waals surface area contributed by atoms with Crippen molar-refractivity contribution >= 4 is 28.8 Å². The largest absolute Gasteiger partial charge is 0.452 e. The summed E-state index contributed by atoms with van der Waals surface area (Å²) in [5, 5.41) is 3.78. The molecule has 0 fully saturated rings. The third-order valence-electron chi connectivity index (χ3n) is 13.8. The third-order valence-corrected chi connectivity index (χ3v) is 15.0. The molecule has 0 saturated carbocycles. The molecule has 14 rings (SSSR count). The third kappa shape index (κ3) is 6.15. The number of pyridine rings is 2. The number of para-hydroxylation sites is 3. The number of fused-ring (bicyclic) bond motifs is 12. The van der Waals surface area contributed by atoms with E-state index in [9.17, 15) is 0 Å². The smallest absolute Gasteiger partial charge is 0.165 e. The first-order valence-electron chi connectivity index (χ1n) is 23.3. The SMILES string of the molecule is C1=CNC2C(=C1)C1(c3ccccc3Sc3c1ccc1c3Oc3ccccc3N1c1ccccc1-c1ccncc1)c1ccc(-c3ccccc3-c3nc(-c4ccccc4)nc(-c4ccccc4)n3)nc12. The molecule has 0 saturated heterocycles. The number of ether oxygens (including phenoxy) is 1. The summed E-state index contributed by atoms with van der Waals surface area (Å²) < 4.78 is 7.17. The van der Waals surface area contributed by atoms with E-state index in [0.717, 1.165) is 89.4 Å². The second-order valence-corrected chi connectivity index (χ2v) is 18.6. The lowest BCUT2D eigenvalue weighted by atomic mass is 9.66. The van der Waals surface area contributed by atoms with E-state index in [4.69, 9.17) is 24.7 Å². The van der Waals surface area contributed by atoms with Crippen molar-refractivity contribution in [1.29, 1.82) is 0 Å². The zero-order valence-electron chi connectivity index (χ0n) is 37.4. The van der Waals surface area contributed by atoms with Gasteiger partial charge < -0.3 is 15.0 Å². The Bertz CT molecular complexity index is 3730. The van der Waals surface area contributed by atoms with Gasteiger partial charge in [-0.2, -0.15) is 0 Å². The van der Waals surface area contributed by atoms with Crippen LogP contribution in [0.3, 0.4) is 0 Å². The van der Waals surface area contributed by atoms with Crippen molar-refractivity contribution in [3.63, 3.8) is 0 Å². The minimum atomic E-state index is -0.696. The topological polar surface area (TPSA) is 89.0 Å². The monoisotopic (exact) mass is 917 g/mol. The van der Waals surface area contributed by atoms with Gasteiger partial charge >= 0.3 is 0 Å². The lowest BCUT2D eigenvalue weighted by Gasteiger charge is -2.43. The molecule has 0 amide bonds. The number of hydrogen-bond donors (Lipinski definition) is 1. The number of nitrogens with one attached hydrogen (secondary N) is 1. The van der Waals surface area contributed by atoms with Gasteiger partial charge in [0.2, 0.25) is 0 Å². The van der Waals surface area contributed by atoms with Gasteiger partial charge in [-0.1, -0.05) is 163 Å². The molecule has 1 aliphatic carbocycles. The van der Waals surface area contributed by atoms with Gasteiger partial charge in [-0.15, -0.1) is 0 Å². The van der Waals surface area contributed by atoms with E-state index in [1.807, 2.05) is 91.4 Å². The summed E-state index contributed by atoms with van der Waals surface area (Å²) in [6.45, 7) is 0. The predicted octanol–water partition coefficient (Wildman–Crippen LogP) is 14.5. The molecule has 1 spiro atoms. The normalized spacial score (nSPS) is 16.7. The molecular weight excluding hydrogens is 879 g/mol. The molecule has 3 aliphatic heterocycles. The van der Waals surface area contributed by atoms with E-state index in [2.05, 4.69) is 149 Å². The Morgan fingerprint density at radius 3 is 1.93 bits per heavy atom. The Kier molecular flexibility index (Phi) is 9.25. The molecule has 4 aliphatic rings. The Hall–Kier alpha value is -8.92. The van der Waals surface area contributed by atoms with Gasteiger partial charge in [0, 0.05) is 45.1 Å². The van der Waals surface area contributed by atoms with Crippen LogP contribution in [-0.2, 0) is 5.41 Å². The fourth-order valence-corrected chi connectivity index (χ4v) is 12.1. The molecule has 3 aromatic heterocycles. The van der Waals surface area contributed by atoms with Crippen molar-refractivity contribution in [2.24, 2.45) is 0 Å². The summed E-state index contributed by atoms with van der Waals surface area (Å²) >= 11 is 1.78. The summed E-state index contributed by atoms with van der Waals surface area (Å²) in [4.78, 5) is 29.9. The van der Waals surface area contributed by atoms with E-state index in [0.29, 0.717) is 17.5 Å². The number of nitrogens with zero attached hydrogens (tertiary/aromatic N) is 6. The number of anilines is 3. The van der Waals surface area contributed by atoms with Crippen LogP contribution in [0.1, 0.15) is 28.4 Å². The van der Waals surface area contributed by atoms with Gasteiger partial charge in [0.1, 0.15) is 0 Å². The first-order chi connectivity index (χ1) is 34.7. The van der Waals surface area contributed by atoms with Crippen LogP contribution < -0.4 is 15.0 Å². The highest BCUT2D eigenvalue weighted by atomic mass is 32.2. The van der Waals surface area contributed by atoms with Gasteiger partial charge in [-0.3, -0.25) is 4.98 Å². The Morgan fingerprint density at radius 1 is 0.500 bits per heavy atom. The second-order valence-electron chi connectivity index (χ2n) is 17.6. The number of benzene rings is 7. The van der Waals surface area contributed by atoms with Crippen LogP contribution in [0.15, 0.2) is 240 Å². The first-order valence-corrected chi connectivity index (χ1v) is 24.2. The van der Waals surface area contributed by atoms with Gasteiger partial charge in [-0.25, -0.2) is 19.9 Å². The standard InChI is InChI=1S/C61H39N7OS/c1-3-16-39(17-4-1)58-65-59(40-18-5-2-6-19-40)67-60(66-58)43-22-8-7-21-42(43)48-31-29-46-55(64-48)54-45(24-15-35-63-54)61(46)44-23-10-14-28-53(44)70-57-47(61)30-32-51-56(57)69-52-27-13-12-26-50(52)68(51)49-25-11-9-20-41(49)38-33-36-62-37-34-38/h1-37,54,63H. The van der Waals surface area contributed by atoms with Crippen LogP contribution in [0, 0.1) is 0 Å². The second kappa shape index (κ2) is 16.1. The molecule has 0 radical (unpaired) electrons. The van der Waals surface area contributed by atoms with Crippen LogP contribution in [0.25, 0.3) is 56.5 Å². The molecule has 8 nitrogen and oxygen atoms in total. The van der Waals surface area contributed by atoms with Crippen molar-refractivity contribution < 1.29 is 4.74 Å². The van der Waals surface area contributed by atoms with Crippen LogP contribution in [-0.4, -0.2) is 24.9 Å². The maximum atomic E-state index is 7.17. The van der Waals surface area contributed by atoms with Crippen molar-refractivity contribution in [3.8, 4) is 68.0 Å². The van der Waals surface area contributed by atoms with E-state index >= 15 is 0 Å².